The van der Waals surface area contributed by atoms with Crippen LogP contribution in [0.5, 0.6) is 0 Å². The maximum atomic E-state index is 10.4. The fraction of sp³-hybridized carbons (Fsp3) is 0.353. The van der Waals surface area contributed by atoms with E-state index >= 15 is 0 Å². The third-order valence-electron chi connectivity index (χ3n) is 4.12. The molecule has 0 radical (unpaired) electrons. The van der Waals surface area contributed by atoms with E-state index in [-0.39, 0.29) is 6.04 Å². The molecule has 23 heavy (non-hydrogen) atoms. The van der Waals surface area contributed by atoms with Crippen LogP contribution >= 0.6 is 11.3 Å². The van der Waals surface area contributed by atoms with Gasteiger partial charge in [-0.1, -0.05) is 18.2 Å². The lowest BCUT2D eigenvalue weighted by Gasteiger charge is -2.35. The minimum absolute atomic E-state index is 0.0499. The van der Waals surface area contributed by atoms with Gasteiger partial charge in [0.05, 0.1) is 25.4 Å². The van der Waals surface area contributed by atoms with E-state index in [0.717, 1.165) is 16.0 Å². The summed E-state index contributed by atoms with van der Waals surface area (Å²) < 4.78 is 11.5. The average molecular weight is 330 g/mol. The Labute approximate surface area is 138 Å². The van der Waals surface area contributed by atoms with Crippen molar-refractivity contribution in [2.75, 3.05) is 24.7 Å². The summed E-state index contributed by atoms with van der Waals surface area (Å²) in [5.74, 6) is 0. The molecule has 120 valence electrons. The Bertz CT molecular complexity index is 738. The number of aliphatic hydroxyl groups is 1. The number of rotatable bonds is 4. The van der Waals surface area contributed by atoms with Crippen molar-refractivity contribution in [3.63, 3.8) is 0 Å². The zero-order valence-corrected chi connectivity index (χ0v) is 13.4. The first kappa shape index (κ1) is 14.7. The molecular weight excluding hydrogens is 312 g/mol. The molecule has 0 bridgehead atoms. The number of morpholine rings is 1. The molecule has 1 fully saturated rings. The van der Waals surface area contributed by atoms with Crippen molar-refractivity contribution in [3.8, 4) is 0 Å². The van der Waals surface area contributed by atoms with Crippen LogP contribution in [0.15, 0.2) is 46.2 Å². The van der Waals surface area contributed by atoms with Crippen molar-refractivity contribution in [1.82, 2.24) is 4.98 Å². The minimum atomic E-state index is -0.492. The van der Waals surface area contributed by atoms with Gasteiger partial charge in [0, 0.05) is 17.8 Å². The second-order valence-electron chi connectivity index (χ2n) is 5.65. The molecule has 5 nitrogen and oxygen atoms in total. The summed E-state index contributed by atoms with van der Waals surface area (Å²) in [4.78, 5) is 7.67. The lowest BCUT2D eigenvalue weighted by atomic mass is 10.1. The lowest BCUT2D eigenvalue weighted by molar-refractivity contribution is 0.0665. The van der Waals surface area contributed by atoms with E-state index in [1.807, 2.05) is 41.8 Å². The molecule has 2 unspecified atom stereocenters. The van der Waals surface area contributed by atoms with E-state index in [1.54, 1.807) is 11.3 Å². The lowest BCUT2D eigenvalue weighted by Crippen LogP contribution is -2.46. The fourth-order valence-electron chi connectivity index (χ4n) is 2.94. The molecule has 6 heteroatoms. The maximum absolute atomic E-state index is 10.4. The highest BCUT2D eigenvalue weighted by Crippen LogP contribution is 2.30. The second-order valence-corrected chi connectivity index (χ2v) is 6.63. The molecule has 2 aromatic heterocycles. The van der Waals surface area contributed by atoms with Crippen molar-refractivity contribution in [2.24, 2.45) is 0 Å². The van der Waals surface area contributed by atoms with Crippen molar-refractivity contribution in [3.05, 3.63) is 46.7 Å². The first-order valence-electron chi connectivity index (χ1n) is 7.72. The van der Waals surface area contributed by atoms with Gasteiger partial charge in [0.2, 0.25) is 0 Å². The monoisotopic (exact) mass is 330 g/mol. The summed E-state index contributed by atoms with van der Waals surface area (Å²) in [5.41, 5.74) is 1.64. The highest BCUT2D eigenvalue weighted by Gasteiger charge is 2.29. The van der Waals surface area contributed by atoms with Gasteiger partial charge in [0.1, 0.15) is 5.52 Å². The number of para-hydroxylation sites is 2. The van der Waals surface area contributed by atoms with Gasteiger partial charge in [0.15, 0.2) is 5.58 Å². The Hall–Kier alpha value is -1.89. The molecule has 0 spiro atoms. The van der Waals surface area contributed by atoms with Gasteiger partial charge in [-0.2, -0.15) is 4.98 Å². The first-order valence-corrected chi connectivity index (χ1v) is 8.60. The molecule has 4 rings (SSSR count). The molecule has 1 saturated heterocycles. The van der Waals surface area contributed by atoms with Crippen LogP contribution in [0.25, 0.3) is 11.1 Å². The summed E-state index contributed by atoms with van der Waals surface area (Å²) in [7, 11) is 0. The number of fused-ring (bicyclic) bond motifs is 1. The van der Waals surface area contributed by atoms with Crippen LogP contribution in [-0.4, -0.2) is 35.9 Å². The van der Waals surface area contributed by atoms with E-state index in [9.17, 15) is 5.11 Å². The predicted octanol–water partition coefficient (Wildman–Crippen LogP) is 3.22. The smallest absolute Gasteiger partial charge is 0.298 e. The second kappa shape index (κ2) is 6.31. The Morgan fingerprint density at radius 1 is 1.30 bits per heavy atom. The molecule has 0 amide bonds. The number of hydrogen-bond donors (Lipinski definition) is 1. The van der Waals surface area contributed by atoms with Gasteiger partial charge in [-0.05, 0) is 23.6 Å². The van der Waals surface area contributed by atoms with Crippen LogP contribution < -0.4 is 4.90 Å². The number of anilines is 1. The van der Waals surface area contributed by atoms with Crippen LogP contribution in [0.2, 0.25) is 0 Å². The third-order valence-corrected chi connectivity index (χ3v) is 5.10. The normalized spacial score (nSPS) is 20.0. The van der Waals surface area contributed by atoms with E-state index in [0.29, 0.717) is 32.2 Å². The van der Waals surface area contributed by atoms with Crippen molar-refractivity contribution < 1.29 is 14.3 Å². The molecule has 0 aliphatic carbocycles. The van der Waals surface area contributed by atoms with Crippen molar-refractivity contribution in [1.29, 1.82) is 0 Å². The zero-order chi connectivity index (χ0) is 15.6. The summed E-state index contributed by atoms with van der Waals surface area (Å²) in [5, 5.41) is 12.4. The highest BCUT2D eigenvalue weighted by molar-refractivity contribution is 7.10. The zero-order valence-electron chi connectivity index (χ0n) is 12.6. The molecule has 1 aliphatic heterocycles. The molecule has 2 atom stereocenters. The van der Waals surface area contributed by atoms with E-state index in [2.05, 4.69) is 9.88 Å². The number of ether oxygens (including phenoxy) is 1. The quantitative estimate of drug-likeness (QED) is 0.796. The van der Waals surface area contributed by atoms with Gasteiger partial charge < -0.3 is 19.2 Å². The summed E-state index contributed by atoms with van der Waals surface area (Å²) in [6.07, 6.45) is 0.104. The van der Waals surface area contributed by atoms with E-state index in [1.165, 1.54) is 0 Å². The van der Waals surface area contributed by atoms with Crippen molar-refractivity contribution >= 4 is 28.5 Å². The Balaban J connectivity index is 1.57. The van der Waals surface area contributed by atoms with Crippen LogP contribution in [-0.2, 0) is 4.74 Å². The van der Waals surface area contributed by atoms with Crippen molar-refractivity contribution in [2.45, 2.75) is 18.6 Å². The molecular formula is C17H18N2O3S. The third kappa shape index (κ3) is 2.97. The number of hydrogen-bond acceptors (Lipinski definition) is 6. The predicted molar refractivity (Wildman–Crippen MR) is 89.9 cm³/mol. The number of thiophene rings is 1. The molecule has 1 aliphatic rings. The van der Waals surface area contributed by atoms with Gasteiger partial charge >= 0.3 is 0 Å². The summed E-state index contributed by atoms with van der Waals surface area (Å²) in [6.45, 7) is 1.93. The van der Waals surface area contributed by atoms with Crippen LogP contribution in [0.3, 0.4) is 0 Å². The Kier molecular flexibility index (Phi) is 4.03. The molecule has 1 N–H and O–H groups in total. The Morgan fingerprint density at radius 2 is 2.22 bits per heavy atom. The number of benzene rings is 1. The number of nitrogens with zero attached hydrogens (tertiary/aromatic N) is 2. The first-order chi connectivity index (χ1) is 11.3. The molecule has 3 aromatic rings. The molecule has 1 aromatic carbocycles. The fourth-order valence-corrected chi connectivity index (χ4v) is 3.66. The van der Waals surface area contributed by atoms with Gasteiger partial charge in [0.25, 0.3) is 6.01 Å². The molecule has 3 heterocycles. The number of aromatic nitrogens is 1. The van der Waals surface area contributed by atoms with Gasteiger partial charge in [-0.15, -0.1) is 11.3 Å². The number of aliphatic hydroxyl groups excluding tert-OH is 1. The highest BCUT2D eigenvalue weighted by atomic mass is 32.1. The van der Waals surface area contributed by atoms with Crippen LogP contribution in [0.1, 0.15) is 17.4 Å². The maximum Gasteiger partial charge on any atom is 0.298 e. The van der Waals surface area contributed by atoms with E-state index < -0.39 is 6.10 Å². The van der Waals surface area contributed by atoms with E-state index in [4.69, 9.17) is 9.15 Å². The van der Waals surface area contributed by atoms with Gasteiger partial charge in [-0.25, -0.2) is 0 Å². The van der Waals surface area contributed by atoms with Crippen LogP contribution in [0, 0.1) is 0 Å². The number of oxazole rings is 1. The minimum Gasteiger partial charge on any atom is -0.423 e. The summed E-state index contributed by atoms with van der Waals surface area (Å²) >= 11 is 1.57. The average Bonchev–Trinajstić information content (AvgIpc) is 3.25. The Morgan fingerprint density at radius 3 is 3.04 bits per heavy atom. The SMILES string of the molecule is OC(CC1COCCN1c1nc2ccccc2o1)c1cccs1. The largest absolute Gasteiger partial charge is 0.423 e. The standard InChI is InChI=1S/C17H18N2O3S/c20-14(16-6-3-9-23-16)10-12-11-21-8-7-19(12)17-18-13-4-1-2-5-15(13)22-17/h1-6,9,12,14,20H,7-8,10-11H2. The van der Waals surface area contributed by atoms with Crippen LogP contribution in [0.4, 0.5) is 6.01 Å². The van der Waals surface area contributed by atoms with Gasteiger partial charge in [-0.3, -0.25) is 0 Å². The molecule has 0 saturated carbocycles. The topological polar surface area (TPSA) is 58.7 Å². The summed E-state index contributed by atoms with van der Waals surface area (Å²) in [6, 6.07) is 12.3.